The monoisotopic (exact) mass is 427 g/mol. The second-order valence-corrected chi connectivity index (χ2v) is 10.1. The van der Waals surface area contributed by atoms with Gasteiger partial charge >= 0.3 is 6.18 Å². The Balaban J connectivity index is 1.66. The summed E-state index contributed by atoms with van der Waals surface area (Å²) < 4.78 is 65.0. The number of nitrogens with zero attached hydrogens (tertiary/aromatic N) is 2. The van der Waals surface area contributed by atoms with E-state index in [0.29, 0.717) is 49.0 Å². The van der Waals surface area contributed by atoms with Crippen LogP contribution in [-0.4, -0.2) is 22.9 Å². The van der Waals surface area contributed by atoms with Gasteiger partial charge in [0.25, 0.3) is 0 Å². The molecule has 5 nitrogen and oxygen atoms in total. The van der Waals surface area contributed by atoms with Gasteiger partial charge in [0, 0.05) is 11.3 Å². The molecular weight excluding hydrogens is 403 g/mol. The van der Waals surface area contributed by atoms with Crippen molar-refractivity contribution in [2.75, 3.05) is 0 Å². The van der Waals surface area contributed by atoms with Crippen LogP contribution in [0.3, 0.4) is 0 Å². The fourth-order valence-corrected chi connectivity index (χ4v) is 5.97. The average molecular weight is 427 g/mol. The van der Waals surface area contributed by atoms with Gasteiger partial charge in [-0.05, 0) is 62.6 Å². The van der Waals surface area contributed by atoms with Crippen LogP contribution in [0.1, 0.15) is 61.0 Å². The van der Waals surface area contributed by atoms with Crippen LogP contribution in [0.4, 0.5) is 13.2 Å². The van der Waals surface area contributed by atoms with Crippen molar-refractivity contribution in [2.24, 2.45) is 5.14 Å². The minimum atomic E-state index is -4.48. The summed E-state index contributed by atoms with van der Waals surface area (Å²) in [5, 5.41) is 9.41. The maximum atomic E-state index is 13.4. The molecule has 1 fully saturated rings. The molecule has 9 heteroatoms. The minimum Gasteiger partial charge on any atom is -0.237 e. The van der Waals surface area contributed by atoms with Gasteiger partial charge in [0.2, 0.25) is 10.0 Å². The summed E-state index contributed by atoms with van der Waals surface area (Å²) in [5.74, 6) is 0. The zero-order valence-corrected chi connectivity index (χ0v) is 16.8. The lowest BCUT2D eigenvalue weighted by Gasteiger charge is -2.26. The average Bonchev–Trinajstić information content (AvgIpc) is 3.27. The van der Waals surface area contributed by atoms with Gasteiger partial charge in [-0.15, -0.1) is 0 Å². The summed E-state index contributed by atoms with van der Waals surface area (Å²) in [7, 11) is -3.69. The van der Waals surface area contributed by atoms with Crippen LogP contribution in [0, 0.1) is 0 Å². The number of alkyl halides is 3. The molecule has 1 heterocycles. The molecule has 2 aliphatic rings. The Labute approximate surface area is 168 Å². The van der Waals surface area contributed by atoms with E-state index in [9.17, 15) is 21.6 Å². The summed E-state index contributed by atoms with van der Waals surface area (Å²) in [6.07, 6.45) is 1.09. The van der Waals surface area contributed by atoms with Gasteiger partial charge in [0.15, 0.2) is 5.69 Å². The number of fused-ring (bicyclic) bond motifs is 1. The molecule has 0 unspecified atom stereocenters. The van der Waals surface area contributed by atoms with Gasteiger partial charge < -0.3 is 0 Å². The van der Waals surface area contributed by atoms with Crippen molar-refractivity contribution in [1.82, 2.24) is 9.78 Å². The predicted octanol–water partition coefficient (Wildman–Crippen LogP) is 3.91. The third kappa shape index (κ3) is 3.70. The lowest BCUT2D eigenvalue weighted by atomic mass is 9.95. The topological polar surface area (TPSA) is 78.0 Å². The third-order valence-corrected chi connectivity index (χ3v) is 8.03. The molecule has 0 amide bonds. The van der Waals surface area contributed by atoms with E-state index in [4.69, 9.17) is 5.14 Å². The van der Waals surface area contributed by atoms with Crippen LogP contribution >= 0.6 is 0 Å². The van der Waals surface area contributed by atoms with Gasteiger partial charge in [-0.2, -0.15) is 18.3 Å². The van der Waals surface area contributed by atoms with Crippen LogP contribution in [0.5, 0.6) is 0 Å². The largest absolute Gasteiger partial charge is 0.435 e. The molecule has 1 aromatic carbocycles. The maximum absolute atomic E-state index is 13.4. The SMILES string of the molecule is NS(=O)(=O)C1(Cc2ccc(-n3nc(C(F)(F)F)c4c3CCCC4)cc2)CCCC1. The fraction of sp³-hybridized carbons (Fsp3) is 0.550. The zero-order valence-electron chi connectivity index (χ0n) is 16.0. The van der Waals surface area contributed by atoms with E-state index in [2.05, 4.69) is 5.10 Å². The van der Waals surface area contributed by atoms with Crippen molar-refractivity contribution >= 4 is 10.0 Å². The predicted molar refractivity (Wildman–Crippen MR) is 103 cm³/mol. The van der Waals surface area contributed by atoms with Crippen molar-refractivity contribution < 1.29 is 21.6 Å². The molecule has 1 aromatic heterocycles. The number of rotatable bonds is 4. The quantitative estimate of drug-likeness (QED) is 0.804. The lowest BCUT2D eigenvalue weighted by Crippen LogP contribution is -2.42. The molecule has 4 rings (SSSR count). The molecule has 158 valence electrons. The number of halogens is 3. The van der Waals surface area contributed by atoms with Gasteiger partial charge in [0.1, 0.15) is 0 Å². The Morgan fingerprint density at radius 3 is 2.24 bits per heavy atom. The minimum absolute atomic E-state index is 0.298. The van der Waals surface area contributed by atoms with Crippen molar-refractivity contribution in [1.29, 1.82) is 0 Å². The van der Waals surface area contributed by atoms with Crippen LogP contribution < -0.4 is 5.14 Å². The molecule has 2 aliphatic carbocycles. The van der Waals surface area contributed by atoms with Crippen molar-refractivity contribution in [2.45, 2.75) is 68.7 Å². The Kier molecular flexibility index (Phi) is 5.01. The molecule has 0 radical (unpaired) electrons. The number of primary sulfonamides is 1. The smallest absolute Gasteiger partial charge is 0.237 e. The van der Waals surface area contributed by atoms with Crippen molar-refractivity contribution in [3.8, 4) is 5.69 Å². The van der Waals surface area contributed by atoms with E-state index in [1.54, 1.807) is 24.3 Å². The molecule has 0 spiro atoms. The first-order valence-corrected chi connectivity index (χ1v) is 11.4. The Bertz CT molecular complexity index is 1000. The van der Waals surface area contributed by atoms with Crippen molar-refractivity contribution in [3.05, 3.63) is 46.8 Å². The Morgan fingerprint density at radius 2 is 1.66 bits per heavy atom. The Morgan fingerprint density at radius 1 is 1.03 bits per heavy atom. The molecule has 2 N–H and O–H groups in total. The molecular formula is C20H24F3N3O2S. The highest BCUT2D eigenvalue weighted by atomic mass is 32.2. The third-order valence-electron chi connectivity index (χ3n) is 6.27. The van der Waals surface area contributed by atoms with E-state index in [-0.39, 0.29) is 0 Å². The zero-order chi connectivity index (χ0) is 20.9. The molecule has 0 bridgehead atoms. The van der Waals surface area contributed by atoms with Crippen LogP contribution in [0.25, 0.3) is 5.69 Å². The van der Waals surface area contributed by atoms with E-state index >= 15 is 0 Å². The molecule has 0 saturated heterocycles. The van der Waals surface area contributed by atoms with Gasteiger partial charge in [-0.1, -0.05) is 25.0 Å². The number of nitrogens with two attached hydrogens (primary N) is 1. The second kappa shape index (κ2) is 7.12. The number of hydrogen-bond donors (Lipinski definition) is 1. The highest BCUT2D eigenvalue weighted by Gasteiger charge is 2.44. The molecule has 0 atom stereocenters. The number of hydrogen-bond acceptors (Lipinski definition) is 3. The molecule has 1 saturated carbocycles. The maximum Gasteiger partial charge on any atom is 0.435 e. The van der Waals surface area contributed by atoms with Gasteiger partial charge in [-0.25, -0.2) is 18.2 Å². The van der Waals surface area contributed by atoms with Crippen LogP contribution in [0.15, 0.2) is 24.3 Å². The fourth-order valence-electron chi connectivity index (χ4n) is 4.75. The molecule has 29 heavy (non-hydrogen) atoms. The first-order chi connectivity index (χ1) is 13.6. The van der Waals surface area contributed by atoms with E-state index < -0.39 is 26.6 Å². The first kappa shape index (κ1) is 20.4. The Hall–Kier alpha value is -1.87. The highest BCUT2D eigenvalue weighted by molar-refractivity contribution is 7.90. The van der Waals surface area contributed by atoms with Crippen LogP contribution in [0.2, 0.25) is 0 Å². The molecule has 0 aliphatic heterocycles. The lowest BCUT2D eigenvalue weighted by molar-refractivity contribution is -0.142. The van der Waals surface area contributed by atoms with Gasteiger partial charge in [-0.3, -0.25) is 0 Å². The summed E-state index contributed by atoms with van der Waals surface area (Å²) in [6, 6.07) is 6.96. The summed E-state index contributed by atoms with van der Waals surface area (Å²) >= 11 is 0. The standard InChI is InChI=1S/C20H24F3N3O2S/c21-20(22,23)18-16-5-1-2-6-17(16)26(25-18)15-9-7-14(8-10-15)13-19(29(24,27)28)11-3-4-12-19/h7-10H,1-6,11-13H2,(H2,24,27,28). The summed E-state index contributed by atoms with van der Waals surface area (Å²) in [6.45, 7) is 0. The second-order valence-electron chi connectivity index (χ2n) is 8.17. The van der Waals surface area contributed by atoms with E-state index in [0.717, 1.165) is 31.2 Å². The van der Waals surface area contributed by atoms with Crippen LogP contribution in [-0.2, 0) is 35.5 Å². The number of aromatic nitrogens is 2. The van der Waals surface area contributed by atoms with Crippen molar-refractivity contribution in [3.63, 3.8) is 0 Å². The van der Waals surface area contributed by atoms with E-state index in [1.807, 2.05) is 0 Å². The summed E-state index contributed by atoms with van der Waals surface area (Å²) in [4.78, 5) is 0. The normalized spacial score (nSPS) is 19.3. The summed E-state index contributed by atoms with van der Waals surface area (Å²) in [5.41, 5.74) is 1.48. The highest BCUT2D eigenvalue weighted by Crippen LogP contribution is 2.39. The van der Waals surface area contributed by atoms with E-state index in [1.165, 1.54) is 4.68 Å². The molecule has 2 aromatic rings. The number of benzene rings is 1. The number of sulfonamides is 1. The first-order valence-electron chi connectivity index (χ1n) is 9.90. The van der Waals surface area contributed by atoms with Gasteiger partial charge in [0.05, 0.1) is 10.4 Å².